The van der Waals surface area contributed by atoms with Crippen LogP contribution in [-0.2, 0) is 4.74 Å². The van der Waals surface area contributed by atoms with Crippen LogP contribution in [0, 0.1) is 0 Å². The third-order valence-corrected chi connectivity index (χ3v) is 2.34. The van der Waals surface area contributed by atoms with E-state index in [9.17, 15) is 0 Å². The lowest BCUT2D eigenvalue weighted by Gasteiger charge is -2.19. The summed E-state index contributed by atoms with van der Waals surface area (Å²) in [6.45, 7) is 0.847. The number of hydrogen-bond donors (Lipinski definition) is 0. The van der Waals surface area contributed by atoms with Gasteiger partial charge in [-0.15, -0.1) is 0 Å². The maximum atomic E-state index is 5.59. The van der Waals surface area contributed by atoms with Crippen LogP contribution >= 0.6 is 0 Å². The van der Waals surface area contributed by atoms with Gasteiger partial charge >= 0.3 is 0 Å². The Labute approximate surface area is 55.7 Å². The maximum Gasteiger partial charge on any atom is 0.0867 e. The van der Waals surface area contributed by atoms with Crippen molar-refractivity contribution in [2.75, 3.05) is 6.61 Å². The molecule has 1 heteroatoms. The van der Waals surface area contributed by atoms with E-state index >= 15 is 0 Å². The fourth-order valence-corrected chi connectivity index (χ4v) is 1.81. The fourth-order valence-electron chi connectivity index (χ4n) is 1.81. The molecule has 0 atom stereocenters. The molecule has 0 saturated heterocycles. The van der Waals surface area contributed by atoms with E-state index in [4.69, 9.17) is 4.74 Å². The Hall–Kier alpha value is -0.300. The van der Waals surface area contributed by atoms with Gasteiger partial charge < -0.3 is 4.74 Å². The Balaban J connectivity index is 2.13. The summed E-state index contributed by atoms with van der Waals surface area (Å²) in [5.74, 6) is 0. The van der Waals surface area contributed by atoms with Crippen molar-refractivity contribution in [3.05, 3.63) is 12.2 Å². The molecule has 1 aliphatic carbocycles. The van der Waals surface area contributed by atoms with Crippen molar-refractivity contribution < 1.29 is 4.74 Å². The fraction of sp³-hybridized carbons (Fsp3) is 0.750. The van der Waals surface area contributed by atoms with Gasteiger partial charge in [-0.05, 0) is 12.8 Å². The molecule has 1 fully saturated rings. The second-order valence-electron chi connectivity index (χ2n) is 2.99. The van der Waals surface area contributed by atoms with Gasteiger partial charge in [-0.2, -0.15) is 0 Å². The van der Waals surface area contributed by atoms with Gasteiger partial charge in [0.15, 0.2) is 0 Å². The SMILES string of the molecule is C1=CC2(CCCC2)OC1. The first-order chi connectivity index (χ1) is 4.41. The van der Waals surface area contributed by atoms with Crippen molar-refractivity contribution >= 4 is 0 Å². The Morgan fingerprint density at radius 3 is 2.56 bits per heavy atom. The van der Waals surface area contributed by atoms with Gasteiger partial charge in [0, 0.05) is 0 Å². The van der Waals surface area contributed by atoms with Gasteiger partial charge in [0.25, 0.3) is 0 Å². The lowest BCUT2D eigenvalue weighted by molar-refractivity contribution is 0.0322. The van der Waals surface area contributed by atoms with Gasteiger partial charge in [0.2, 0.25) is 0 Å². The van der Waals surface area contributed by atoms with E-state index in [1.54, 1.807) is 0 Å². The first kappa shape index (κ1) is 5.48. The van der Waals surface area contributed by atoms with Crippen molar-refractivity contribution in [3.8, 4) is 0 Å². The summed E-state index contributed by atoms with van der Waals surface area (Å²) in [6, 6.07) is 0. The number of hydrogen-bond acceptors (Lipinski definition) is 1. The van der Waals surface area contributed by atoms with Crippen molar-refractivity contribution in [1.29, 1.82) is 0 Å². The standard InChI is InChI=1S/C8H12O/c1-2-5-8(4-1)6-3-7-9-8/h3,6H,1-2,4-5,7H2. The normalized spacial score (nSPS) is 30.2. The molecule has 0 aromatic rings. The molecular weight excluding hydrogens is 112 g/mol. The maximum absolute atomic E-state index is 5.59. The molecule has 0 amide bonds. The highest BCUT2D eigenvalue weighted by Gasteiger charge is 2.33. The van der Waals surface area contributed by atoms with E-state index in [0.717, 1.165) is 6.61 Å². The summed E-state index contributed by atoms with van der Waals surface area (Å²) >= 11 is 0. The summed E-state index contributed by atoms with van der Waals surface area (Å²) in [4.78, 5) is 0. The molecule has 1 aliphatic heterocycles. The van der Waals surface area contributed by atoms with Crippen LogP contribution < -0.4 is 0 Å². The van der Waals surface area contributed by atoms with Gasteiger partial charge in [-0.25, -0.2) is 0 Å². The molecule has 2 rings (SSSR count). The van der Waals surface area contributed by atoms with E-state index in [1.165, 1.54) is 25.7 Å². The van der Waals surface area contributed by atoms with E-state index < -0.39 is 0 Å². The van der Waals surface area contributed by atoms with Crippen LogP contribution in [0.2, 0.25) is 0 Å². The van der Waals surface area contributed by atoms with Gasteiger partial charge in [-0.1, -0.05) is 25.0 Å². The molecule has 1 saturated carbocycles. The van der Waals surface area contributed by atoms with Crippen molar-refractivity contribution in [1.82, 2.24) is 0 Å². The predicted octanol–water partition coefficient (Wildman–Crippen LogP) is 1.89. The topological polar surface area (TPSA) is 9.23 Å². The largest absolute Gasteiger partial charge is 0.367 e. The minimum atomic E-state index is 0.208. The van der Waals surface area contributed by atoms with Crippen molar-refractivity contribution in [2.24, 2.45) is 0 Å². The smallest absolute Gasteiger partial charge is 0.0867 e. The summed E-state index contributed by atoms with van der Waals surface area (Å²) in [6.07, 6.45) is 9.60. The van der Waals surface area contributed by atoms with Crippen LogP contribution in [0.15, 0.2) is 12.2 Å². The Kier molecular flexibility index (Phi) is 1.12. The van der Waals surface area contributed by atoms with Crippen molar-refractivity contribution in [3.63, 3.8) is 0 Å². The Morgan fingerprint density at radius 2 is 2.00 bits per heavy atom. The van der Waals surface area contributed by atoms with Crippen molar-refractivity contribution in [2.45, 2.75) is 31.3 Å². The molecule has 1 heterocycles. The first-order valence-corrected chi connectivity index (χ1v) is 3.73. The second-order valence-corrected chi connectivity index (χ2v) is 2.99. The lowest BCUT2D eigenvalue weighted by Crippen LogP contribution is -2.21. The van der Waals surface area contributed by atoms with E-state index in [-0.39, 0.29) is 5.60 Å². The minimum Gasteiger partial charge on any atom is -0.367 e. The first-order valence-electron chi connectivity index (χ1n) is 3.73. The molecule has 1 nitrogen and oxygen atoms in total. The van der Waals surface area contributed by atoms with Crippen LogP contribution in [0.3, 0.4) is 0 Å². The van der Waals surface area contributed by atoms with E-state index in [0.29, 0.717) is 0 Å². The lowest BCUT2D eigenvalue weighted by atomic mass is 10.0. The van der Waals surface area contributed by atoms with Crippen LogP contribution in [0.25, 0.3) is 0 Å². The quantitative estimate of drug-likeness (QED) is 0.448. The molecule has 2 aliphatic rings. The van der Waals surface area contributed by atoms with E-state index in [1.807, 2.05) is 0 Å². The Bertz CT molecular complexity index is 132. The van der Waals surface area contributed by atoms with Crippen LogP contribution in [0.5, 0.6) is 0 Å². The third kappa shape index (κ3) is 0.799. The molecular formula is C8H12O. The molecule has 0 unspecified atom stereocenters. The summed E-state index contributed by atoms with van der Waals surface area (Å²) in [5.41, 5.74) is 0.208. The minimum absolute atomic E-state index is 0.208. The molecule has 0 N–H and O–H groups in total. The highest BCUT2D eigenvalue weighted by atomic mass is 16.5. The van der Waals surface area contributed by atoms with Gasteiger partial charge in [0.05, 0.1) is 12.2 Å². The monoisotopic (exact) mass is 124 g/mol. The zero-order chi connectivity index (χ0) is 6.16. The second kappa shape index (κ2) is 1.84. The van der Waals surface area contributed by atoms with Crippen LogP contribution in [-0.4, -0.2) is 12.2 Å². The van der Waals surface area contributed by atoms with Gasteiger partial charge in [0.1, 0.15) is 0 Å². The highest BCUT2D eigenvalue weighted by Crippen LogP contribution is 2.36. The molecule has 0 aromatic heterocycles. The zero-order valence-corrected chi connectivity index (χ0v) is 5.60. The Morgan fingerprint density at radius 1 is 1.22 bits per heavy atom. The zero-order valence-electron chi connectivity index (χ0n) is 5.60. The van der Waals surface area contributed by atoms with E-state index in [2.05, 4.69) is 12.2 Å². The molecule has 0 aromatic carbocycles. The molecule has 9 heavy (non-hydrogen) atoms. The predicted molar refractivity (Wildman–Crippen MR) is 36.3 cm³/mol. The molecule has 1 spiro atoms. The molecule has 0 bridgehead atoms. The average Bonchev–Trinajstić information content (AvgIpc) is 2.45. The van der Waals surface area contributed by atoms with Gasteiger partial charge in [-0.3, -0.25) is 0 Å². The molecule has 50 valence electrons. The summed E-state index contributed by atoms with van der Waals surface area (Å²) < 4.78 is 5.59. The number of rotatable bonds is 0. The molecule has 0 radical (unpaired) electrons. The van der Waals surface area contributed by atoms with Crippen LogP contribution in [0.4, 0.5) is 0 Å². The van der Waals surface area contributed by atoms with Crippen LogP contribution in [0.1, 0.15) is 25.7 Å². The number of ether oxygens (including phenoxy) is 1. The third-order valence-electron chi connectivity index (χ3n) is 2.34. The average molecular weight is 124 g/mol. The highest BCUT2D eigenvalue weighted by molar-refractivity contribution is 5.09. The summed E-state index contributed by atoms with van der Waals surface area (Å²) in [5, 5.41) is 0. The summed E-state index contributed by atoms with van der Waals surface area (Å²) in [7, 11) is 0.